The minimum absolute atomic E-state index is 0.106. The van der Waals surface area contributed by atoms with Gasteiger partial charge in [-0.1, -0.05) is 6.92 Å². The average molecular weight is 301 g/mol. The highest BCUT2D eigenvalue weighted by atomic mass is 32.2. The molecule has 20 heavy (non-hydrogen) atoms. The quantitative estimate of drug-likeness (QED) is 0.531. The second kappa shape index (κ2) is 7.53. The van der Waals surface area contributed by atoms with Gasteiger partial charge in [-0.15, -0.1) is 0 Å². The van der Waals surface area contributed by atoms with Crippen LogP contribution in [-0.4, -0.2) is 56.3 Å². The van der Waals surface area contributed by atoms with E-state index in [0.717, 1.165) is 13.0 Å². The van der Waals surface area contributed by atoms with Gasteiger partial charge in [0, 0.05) is 25.5 Å². The molecule has 0 fully saturated rings. The van der Waals surface area contributed by atoms with E-state index in [-0.39, 0.29) is 4.90 Å². The molecule has 0 aliphatic carbocycles. The van der Waals surface area contributed by atoms with Gasteiger partial charge in [0.05, 0.1) is 5.69 Å². The molecule has 0 bridgehead atoms. The number of aromatic nitrogens is 1. The zero-order chi connectivity index (χ0) is 15.2. The number of nitrogens with one attached hydrogen (secondary N) is 1. The molecule has 1 rings (SSSR count). The minimum Gasteiger partial charge on any atom is -0.323 e. The number of nitrogen functional groups attached to an aromatic ring is 1. The third-order valence-corrected chi connectivity index (χ3v) is 4.93. The lowest BCUT2D eigenvalue weighted by Gasteiger charge is -2.22. The Morgan fingerprint density at radius 2 is 2.05 bits per heavy atom. The summed E-state index contributed by atoms with van der Waals surface area (Å²) in [6.45, 7) is 3.53. The van der Waals surface area contributed by atoms with E-state index in [1.807, 2.05) is 25.9 Å². The molecular weight excluding hydrogens is 278 g/mol. The van der Waals surface area contributed by atoms with Gasteiger partial charge in [-0.25, -0.2) is 8.42 Å². The fraction of sp³-hybridized carbons (Fsp3) is 0.583. The van der Waals surface area contributed by atoms with Crippen molar-refractivity contribution in [2.75, 3.05) is 39.2 Å². The summed E-state index contributed by atoms with van der Waals surface area (Å²) in [7, 11) is 0.339. The first kappa shape index (κ1) is 16.8. The van der Waals surface area contributed by atoms with Crippen molar-refractivity contribution in [2.24, 2.45) is 5.84 Å². The number of anilines is 1. The van der Waals surface area contributed by atoms with Crippen molar-refractivity contribution in [2.45, 2.75) is 18.2 Å². The zero-order valence-electron chi connectivity index (χ0n) is 12.2. The number of sulfonamides is 1. The molecule has 0 saturated carbocycles. The van der Waals surface area contributed by atoms with E-state index in [1.165, 1.54) is 16.7 Å². The molecular formula is C12H23N5O2S. The van der Waals surface area contributed by atoms with Crippen LogP contribution in [0.15, 0.2) is 23.4 Å². The van der Waals surface area contributed by atoms with Crippen molar-refractivity contribution in [3.63, 3.8) is 0 Å². The van der Waals surface area contributed by atoms with Gasteiger partial charge >= 0.3 is 0 Å². The first-order valence-corrected chi connectivity index (χ1v) is 7.93. The van der Waals surface area contributed by atoms with Crippen LogP contribution in [0.2, 0.25) is 0 Å². The number of hydrogen-bond acceptors (Lipinski definition) is 6. The molecule has 0 atom stereocenters. The highest BCUT2D eigenvalue weighted by Gasteiger charge is 2.25. The van der Waals surface area contributed by atoms with Crippen molar-refractivity contribution in [1.29, 1.82) is 0 Å². The molecule has 0 amide bonds. The van der Waals surface area contributed by atoms with E-state index in [2.05, 4.69) is 10.4 Å². The molecule has 0 saturated heterocycles. The molecule has 0 aromatic carbocycles. The number of hydrogen-bond donors (Lipinski definition) is 2. The summed E-state index contributed by atoms with van der Waals surface area (Å²) < 4.78 is 26.6. The van der Waals surface area contributed by atoms with Crippen molar-refractivity contribution >= 4 is 15.7 Å². The Morgan fingerprint density at radius 1 is 1.35 bits per heavy atom. The van der Waals surface area contributed by atoms with Gasteiger partial charge in [0.2, 0.25) is 10.0 Å². The highest BCUT2D eigenvalue weighted by Crippen LogP contribution is 2.22. The summed E-state index contributed by atoms with van der Waals surface area (Å²) in [5.41, 5.74) is 2.75. The SMILES string of the molecule is CCN(CCCN(C)C)S(=O)(=O)c1cnccc1NN. The van der Waals surface area contributed by atoms with Crippen LogP contribution in [0.5, 0.6) is 0 Å². The molecule has 0 spiro atoms. The second-order valence-corrected chi connectivity index (χ2v) is 6.58. The predicted molar refractivity (Wildman–Crippen MR) is 79.7 cm³/mol. The van der Waals surface area contributed by atoms with Crippen molar-refractivity contribution in [3.8, 4) is 0 Å². The zero-order valence-corrected chi connectivity index (χ0v) is 13.0. The van der Waals surface area contributed by atoms with Crippen LogP contribution >= 0.6 is 0 Å². The lowest BCUT2D eigenvalue weighted by molar-refractivity contribution is 0.356. The maximum atomic E-state index is 12.6. The summed E-state index contributed by atoms with van der Waals surface area (Å²) in [5.74, 6) is 5.36. The fourth-order valence-corrected chi connectivity index (χ4v) is 3.44. The predicted octanol–water partition coefficient (Wildman–Crippen LogP) is 0.330. The van der Waals surface area contributed by atoms with E-state index in [0.29, 0.717) is 18.8 Å². The molecule has 0 unspecified atom stereocenters. The third kappa shape index (κ3) is 4.14. The molecule has 8 heteroatoms. The van der Waals surface area contributed by atoms with Crippen LogP contribution < -0.4 is 11.3 Å². The normalized spacial score (nSPS) is 12.1. The maximum Gasteiger partial charge on any atom is 0.246 e. The Hall–Kier alpha value is -1.22. The Morgan fingerprint density at radius 3 is 2.60 bits per heavy atom. The number of nitrogens with zero attached hydrogens (tertiary/aromatic N) is 3. The van der Waals surface area contributed by atoms with Gasteiger partial charge in [0.15, 0.2) is 0 Å². The lowest BCUT2D eigenvalue weighted by Crippen LogP contribution is -2.34. The standard InChI is InChI=1S/C12H23N5O2S/c1-4-17(9-5-8-16(2)3)20(18,19)12-10-14-7-6-11(12)15-13/h6-7,10H,4-5,8-9,13H2,1-3H3,(H,14,15). The van der Waals surface area contributed by atoms with Crippen LogP contribution in [0.25, 0.3) is 0 Å². The van der Waals surface area contributed by atoms with Crippen molar-refractivity contribution in [1.82, 2.24) is 14.2 Å². The number of rotatable bonds is 8. The molecule has 0 aliphatic heterocycles. The fourth-order valence-electron chi connectivity index (χ4n) is 1.86. The van der Waals surface area contributed by atoms with Gasteiger partial charge in [-0.2, -0.15) is 4.31 Å². The van der Waals surface area contributed by atoms with E-state index >= 15 is 0 Å². The number of nitrogens with two attached hydrogens (primary N) is 1. The summed E-state index contributed by atoms with van der Waals surface area (Å²) in [4.78, 5) is 6.01. The van der Waals surface area contributed by atoms with Crippen LogP contribution in [0.4, 0.5) is 5.69 Å². The highest BCUT2D eigenvalue weighted by molar-refractivity contribution is 7.89. The Bertz CT molecular complexity index is 518. The van der Waals surface area contributed by atoms with Gasteiger partial charge in [-0.05, 0) is 33.1 Å². The van der Waals surface area contributed by atoms with E-state index in [4.69, 9.17) is 5.84 Å². The summed E-state index contributed by atoms with van der Waals surface area (Å²) >= 11 is 0. The van der Waals surface area contributed by atoms with Gasteiger partial charge in [0.1, 0.15) is 4.90 Å². The van der Waals surface area contributed by atoms with Gasteiger partial charge in [-0.3, -0.25) is 10.8 Å². The smallest absolute Gasteiger partial charge is 0.246 e. The molecule has 1 aromatic heterocycles. The van der Waals surface area contributed by atoms with E-state index in [9.17, 15) is 8.42 Å². The summed E-state index contributed by atoms with van der Waals surface area (Å²) in [6.07, 6.45) is 3.58. The second-order valence-electron chi connectivity index (χ2n) is 4.67. The Kier molecular flexibility index (Phi) is 6.34. The number of hydrazine groups is 1. The molecule has 0 aliphatic rings. The third-order valence-electron chi connectivity index (χ3n) is 2.92. The Balaban J connectivity index is 2.94. The monoisotopic (exact) mass is 301 g/mol. The largest absolute Gasteiger partial charge is 0.323 e. The average Bonchev–Trinajstić information content (AvgIpc) is 2.43. The van der Waals surface area contributed by atoms with Gasteiger partial charge < -0.3 is 10.3 Å². The van der Waals surface area contributed by atoms with Crippen LogP contribution in [0, 0.1) is 0 Å². The topological polar surface area (TPSA) is 91.6 Å². The lowest BCUT2D eigenvalue weighted by atomic mass is 10.4. The number of pyridine rings is 1. The van der Waals surface area contributed by atoms with Gasteiger partial charge in [0.25, 0.3) is 0 Å². The molecule has 3 N–H and O–H groups in total. The van der Waals surface area contributed by atoms with E-state index in [1.54, 1.807) is 6.07 Å². The van der Waals surface area contributed by atoms with Crippen molar-refractivity contribution in [3.05, 3.63) is 18.5 Å². The molecule has 7 nitrogen and oxygen atoms in total. The first-order valence-electron chi connectivity index (χ1n) is 6.49. The van der Waals surface area contributed by atoms with Crippen LogP contribution in [-0.2, 0) is 10.0 Å². The molecule has 0 radical (unpaired) electrons. The minimum atomic E-state index is -3.58. The summed E-state index contributed by atoms with van der Waals surface area (Å²) in [5, 5.41) is 0. The molecule has 114 valence electrons. The molecule has 1 aromatic rings. The van der Waals surface area contributed by atoms with E-state index < -0.39 is 10.0 Å². The maximum absolute atomic E-state index is 12.6. The van der Waals surface area contributed by atoms with Crippen molar-refractivity contribution < 1.29 is 8.42 Å². The summed E-state index contributed by atoms with van der Waals surface area (Å²) in [6, 6.07) is 1.54. The first-order chi connectivity index (χ1) is 9.43. The molecule has 1 heterocycles. The van der Waals surface area contributed by atoms with Crippen LogP contribution in [0.1, 0.15) is 13.3 Å². The Labute approximate surface area is 120 Å². The van der Waals surface area contributed by atoms with Crippen LogP contribution in [0.3, 0.4) is 0 Å².